The minimum Gasteiger partial charge on any atom is -0.346 e. The number of nitrogens with one attached hydrogen (secondary N) is 2. The van der Waals surface area contributed by atoms with Gasteiger partial charge in [-0.25, -0.2) is 4.39 Å². The maximum atomic E-state index is 14.3. The number of hydrogen-bond donors (Lipinski definition) is 2. The fraction of sp³-hybridized carbons (Fsp3) is 0.235. The Morgan fingerprint density at radius 3 is 2.60 bits per heavy atom. The van der Waals surface area contributed by atoms with Gasteiger partial charge in [0.2, 0.25) is 5.95 Å². The molecule has 2 aromatic carbocycles. The Morgan fingerprint density at radius 2 is 1.92 bits per heavy atom. The van der Waals surface area contributed by atoms with Gasteiger partial charge in [-0.3, -0.25) is 0 Å². The first-order chi connectivity index (χ1) is 12.1. The van der Waals surface area contributed by atoms with E-state index in [-0.39, 0.29) is 11.9 Å². The molecule has 0 fully saturated rings. The third-order valence-electron chi connectivity index (χ3n) is 3.98. The summed E-state index contributed by atoms with van der Waals surface area (Å²) in [5.41, 5.74) is 1.32. The summed E-state index contributed by atoms with van der Waals surface area (Å²) in [6, 6.07) is 14.1. The largest absolute Gasteiger partial charge is 0.346 e. The molecule has 1 heterocycles. The minimum absolute atomic E-state index is 0.199. The summed E-state index contributed by atoms with van der Waals surface area (Å²) in [4.78, 5) is 1.04. The molecule has 2 N–H and O–H groups in total. The molecule has 3 rings (SSSR count). The molecule has 0 bridgehead atoms. The molecule has 0 saturated carbocycles. The van der Waals surface area contributed by atoms with Gasteiger partial charge in [0.25, 0.3) is 0 Å². The second kappa shape index (κ2) is 7.58. The van der Waals surface area contributed by atoms with Crippen LogP contribution < -0.4 is 10.2 Å². The summed E-state index contributed by atoms with van der Waals surface area (Å²) < 4.78 is 15.9. The van der Waals surface area contributed by atoms with Crippen molar-refractivity contribution in [3.8, 4) is 5.69 Å². The molecule has 0 aliphatic carbocycles. The molecule has 0 spiro atoms. The molecule has 0 aliphatic rings. The highest BCUT2D eigenvalue weighted by Gasteiger charge is 2.25. The lowest BCUT2D eigenvalue weighted by molar-refractivity contribution is -0.890. The lowest BCUT2D eigenvalue weighted by Crippen LogP contribution is -3.06. The van der Waals surface area contributed by atoms with Crippen LogP contribution >= 0.6 is 11.6 Å². The Hall–Kier alpha value is -2.51. The Labute approximate surface area is 150 Å². The number of anilines is 1. The summed E-state index contributed by atoms with van der Waals surface area (Å²) in [5, 5.41) is 15.4. The molecule has 1 aromatic heterocycles. The van der Waals surface area contributed by atoms with E-state index in [2.05, 4.69) is 20.8 Å². The number of rotatable bonds is 6. The number of hydrogen-bond acceptors (Lipinski definition) is 4. The summed E-state index contributed by atoms with van der Waals surface area (Å²) in [6.45, 7) is 0.427. The van der Waals surface area contributed by atoms with Gasteiger partial charge in [0.15, 0.2) is 0 Å². The van der Waals surface area contributed by atoms with Crippen molar-refractivity contribution in [1.29, 1.82) is 0 Å². The molecule has 0 amide bonds. The first kappa shape index (κ1) is 17.3. The average molecular weight is 362 g/mol. The average Bonchev–Trinajstić information content (AvgIpc) is 3.06. The van der Waals surface area contributed by atoms with Gasteiger partial charge in [-0.1, -0.05) is 41.0 Å². The number of likely N-dealkylation sites (N-methyl/N-ethyl adjacent to an activating group) is 1. The standard InChI is InChI=1S/C17H18ClFN6/c1-24(2)15(16-13(18)9-6-10-14(16)19)11-20-17-21-22-23-25(17)12-7-4-3-5-8-12/h3-10,15H,11H2,1-2H3,(H,20,21,23)/p+1/t15-/m0/s1. The van der Waals surface area contributed by atoms with Crippen LogP contribution in [0, 0.1) is 5.82 Å². The maximum absolute atomic E-state index is 14.3. The molecule has 0 unspecified atom stereocenters. The zero-order chi connectivity index (χ0) is 17.8. The molecule has 8 heteroatoms. The van der Waals surface area contributed by atoms with E-state index in [9.17, 15) is 4.39 Å². The SMILES string of the molecule is C[NH+](C)[C@@H](CNc1nnnn1-c1ccccc1)c1c(F)cccc1Cl. The van der Waals surface area contributed by atoms with Gasteiger partial charge in [0.05, 0.1) is 36.9 Å². The van der Waals surface area contributed by atoms with Crippen LogP contribution in [0.3, 0.4) is 0 Å². The van der Waals surface area contributed by atoms with Crippen molar-refractivity contribution < 1.29 is 9.29 Å². The lowest BCUT2D eigenvalue weighted by Gasteiger charge is -2.23. The molecule has 130 valence electrons. The maximum Gasteiger partial charge on any atom is 0.247 e. The highest BCUT2D eigenvalue weighted by atomic mass is 35.5. The van der Waals surface area contributed by atoms with Crippen LogP contribution in [0.5, 0.6) is 0 Å². The van der Waals surface area contributed by atoms with E-state index in [1.807, 2.05) is 44.4 Å². The van der Waals surface area contributed by atoms with Gasteiger partial charge in [0, 0.05) is 0 Å². The molecule has 0 aliphatic heterocycles. The first-order valence-corrected chi connectivity index (χ1v) is 8.27. The van der Waals surface area contributed by atoms with Gasteiger partial charge in [0.1, 0.15) is 11.9 Å². The summed E-state index contributed by atoms with van der Waals surface area (Å²) in [5.74, 6) is 0.174. The van der Waals surface area contributed by atoms with Crippen LogP contribution in [0.25, 0.3) is 5.69 Å². The number of halogens is 2. The van der Waals surface area contributed by atoms with Gasteiger partial charge in [-0.05, 0) is 34.7 Å². The third-order valence-corrected chi connectivity index (χ3v) is 4.31. The van der Waals surface area contributed by atoms with Gasteiger partial charge in [-0.2, -0.15) is 4.68 Å². The molecule has 0 radical (unpaired) electrons. The van der Waals surface area contributed by atoms with Gasteiger partial charge < -0.3 is 10.2 Å². The second-order valence-electron chi connectivity index (χ2n) is 5.90. The Kier molecular flexibility index (Phi) is 5.25. The van der Waals surface area contributed by atoms with Crippen molar-refractivity contribution in [3.63, 3.8) is 0 Å². The highest BCUT2D eigenvalue weighted by molar-refractivity contribution is 6.31. The molecule has 6 nitrogen and oxygen atoms in total. The molecule has 3 aromatic rings. The topological polar surface area (TPSA) is 60.1 Å². The van der Waals surface area contributed by atoms with Crippen LogP contribution in [-0.2, 0) is 0 Å². The molecule has 0 saturated heterocycles. The molecular weight excluding hydrogens is 343 g/mol. The van der Waals surface area contributed by atoms with Gasteiger partial charge in [-0.15, -0.1) is 0 Å². The summed E-state index contributed by atoms with van der Waals surface area (Å²) in [7, 11) is 3.91. The normalized spacial score (nSPS) is 12.4. The number of benzene rings is 2. The fourth-order valence-corrected chi connectivity index (χ4v) is 2.97. The van der Waals surface area contributed by atoms with Crippen molar-refractivity contribution in [2.24, 2.45) is 0 Å². The number of nitrogens with zero attached hydrogens (tertiary/aromatic N) is 4. The Balaban J connectivity index is 1.84. The zero-order valence-corrected chi connectivity index (χ0v) is 14.7. The van der Waals surface area contributed by atoms with E-state index >= 15 is 0 Å². The summed E-state index contributed by atoms with van der Waals surface area (Å²) >= 11 is 6.23. The van der Waals surface area contributed by atoms with Crippen LogP contribution in [0.1, 0.15) is 11.6 Å². The molecule has 25 heavy (non-hydrogen) atoms. The van der Waals surface area contributed by atoms with E-state index < -0.39 is 0 Å². The minimum atomic E-state index is -0.317. The number of tetrazole rings is 1. The van der Waals surface area contributed by atoms with Crippen molar-refractivity contribution in [2.45, 2.75) is 6.04 Å². The first-order valence-electron chi connectivity index (χ1n) is 7.89. The van der Waals surface area contributed by atoms with Crippen LogP contribution in [-0.4, -0.2) is 40.8 Å². The predicted octanol–water partition coefficient (Wildman–Crippen LogP) is 1.75. The zero-order valence-electron chi connectivity index (χ0n) is 13.9. The predicted molar refractivity (Wildman–Crippen MR) is 94.6 cm³/mol. The van der Waals surface area contributed by atoms with E-state index in [1.165, 1.54) is 6.07 Å². The Morgan fingerprint density at radius 1 is 1.16 bits per heavy atom. The molecular formula is C17H19ClFN6+. The Bertz CT molecular complexity index is 816. The van der Waals surface area contributed by atoms with Crippen molar-refractivity contribution in [3.05, 3.63) is 64.9 Å². The van der Waals surface area contributed by atoms with E-state index in [0.29, 0.717) is 23.1 Å². The van der Waals surface area contributed by atoms with E-state index in [4.69, 9.17) is 11.6 Å². The summed E-state index contributed by atoms with van der Waals surface area (Å²) in [6.07, 6.45) is 0. The van der Waals surface area contributed by atoms with E-state index in [0.717, 1.165) is 10.6 Å². The smallest absolute Gasteiger partial charge is 0.247 e. The van der Waals surface area contributed by atoms with Crippen molar-refractivity contribution in [2.75, 3.05) is 26.0 Å². The third kappa shape index (κ3) is 3.78. The second-order valence-corrected chi connectivity index (χ2v) is 6.30. The molecule has 1 atom stereocenters. The van der Waals surface area contributed by atoms with Crippen LogP contribution in [0.2, 0.25) is 5.02 Å². The quantitative estimate of drug-likeness (QED) is 0.702. The lowest BCUT2D eigenvalue weighted by atomic mass is 10.1. The monoisotopic (exact) mass is 361 g/mol. The number of aromatic nitrogens is 4. The van der Waals surface area contributed by atoms with Crippen molar-refractivity contribution in [1.82, 2.24) is 20.2 Å². The highest BCUT2D eigenvalue weighted by Crippen LogP contribution is 2.24. The van der Waals surface area contributed by atoms with E-state index in [1.54, 1.807) is 16.8 Å². The number of quaternary nitrogens is 1. The van der Waals surface area contributed by atoms with Gasteiger partial charge >= 0.3 is 0 Å². The number of para-hydroxylation sites is 1. The van der Waals surface area contributed by atoms with Crippen LogP contribution in [0.15, 0.2) is 48.5 Å². The van der Waals surface area contributed by atoms with Crippen molar-refractivity contribution >= 4 is 17.5 Å². The van der Waals surface area contributed by atoms with Crippen LogP contribution in [0.4, 0.5) is 10.3 Å². The fourth-order valence-electron chi connectivity index (χ4n) is 2.67.